The molecule has 0 heterocycles. The molecule has 1 aliphatic rings. The number of phenols is 2. The zero-order valence-electron chi connectivity index (χ0n) is 21.1. The summed E-state index contributed by atoms with van der Waals surface area (Å²) in [7, 11) is 0. The van der Waals surface area contributed by atoms with Crippen molar-refractivity contribution in [3.63, 3.8) is 0 Å². The summed E-state index contributed by atoms with van der Waals surface area (Å²) < 4.78 is 0. The van der Waals surface area contributed by atoms with E-state index in [-0.39, 0.29) is 52.1 Å². The minimum absolute atomic E-state index is 0. The molecule has 6 heteroatoms. The van der Waals surface area contributed by atoms with E-state index in [2.05, 4.69) is 41.5 Å². The van der Waals surface area contributed by atoms with Crippen molar-refractivity contribution in [2.75, 3.05) is 0 Å². The molecule has 0 unspecified atom stereocenters. The van der Waals surface area contributed by atoms with Crippen LogP contribution in [0.1, 0.15) is 89.5 Å². The van der Waals surface area contributed by atoms with Gasteiger partial charge in [0.2, 0.25) is 0 Å². The van der Waals surface area contributed by atoms with Crippen LogP contribution < -0.4 is 12.4 Å². The number of para-hydroxylation sites is 2. The Kier molecular flexibility index (Phi) is 10.9. The van der Waals surface area contributed by atoms with Gasteiger partial charge in [-0.05, 0) is 46.9 Å². The van der Waals surface area contributed by atoms with Gasteiger partial charge in [-0.2, -0.15) is 0 Å². The number of rotatable bonds is 4. The molecule has 1 saturated carbocycles. The molecule has 34 heavy (non-hydrogen) atoms. The SMILES string of the molecule is CC(C)(C)c1cccc(C=N[C@@H]2CCCC[C@H]2N=Cc2cccc(C(C)(C)C)c2O)c1O.[Cl-].[Co]. The van der Waals surface area contributed by atoms with Gasteiger partial charge in [0.15, 0.2) is 0 Å². The van der Waals surface area contributed by atoms with E-state index >= 15 is 0 Å². The van der Waals surface area contributed by atoms with Crippen LogP contribution in [0.5, 0.6) is 11.5 Å². The Bertz CT molecular complexity index is 925. The van der Waals surface area contributed by atoms with E-state index < -0.39 is 0 Å². The average molecular weight is 529 g/mol. The van der Waals surface area contributed by atoms with E-state index in [0.29, 0.717) is 11.5 Å². The first-order valence-corrected chi connectivity index (χ1v) is 11.7. The van der Waals surface area contributed by atoms with Crippen LogP contribution in [-0.2, 0) is 27.6 Å². The molecule has 2 atom stereocenters. The third kappa shape index (κ3) is 7.34. The number of halogens is 1. The molecule has 1 fully saturated rings. The summed E-state index contributed by atoms with van der Waals surface area (Å²) in [4.78, 5) is 9.70. The fourth-order valence-corrected chi connectivity index (χ4v) is 4.33. The van der Waals surface area contributed by atoms with Crippen molar-refractivity contribution in [1.29, 1.82) is 0 Å². The minimum atomic E-state index is -0.130. The maximum absolute atomic E-state index is 10.7. The molecule has 0 aliphatic heterocycles. The van der Waals surface area contributed by atoms with Gasteiger partial charge < -0.3 is 22.6 Å². The van der Waals surface area contributed by atoms with Crippen molar-refractivity contribution >= 4 is 12.4 Å². The molecular weight excluding hydrogens is 491 g/mol. The van der Waals surface area contributed by atoms with Crippen LogP contribution in [0.25, 0.3) is 0 Å². The zero-order valence-corrected chi connectivity index (χ0v) is 22.9. The first kappa shape index (κ1) is 30.2. The number of benzene rings is 2. The van der Waals surface area contributed by atoms with Crippen LogP contribution in [0.15, 0.2) is 46.4 Å². The second-order valence-electron chi connectivity index (χ2n) is 11.0. The Morgan fingerprint density at radius 2 is 1.06 bits per heavy atom. The van der Waals surface area contributed by atoms with Crippen LogP contribution in [-0.4, -0.2) is 34.7 Å². The van der Waals surface area contributed by atoms with Gasteiger partial charge in [0.05, 0.1) is 12.1 Å². The molecule has 0 saturated heterocycles. The first-order valence-electron chi connectivity index (χ1n) is 11.7. The van der Waals surface area contributed by atoms with Crippen molar-refractivity contribution in [1.82, 2.24) is 0 Å². The molecule has 189 valence electrons. The van der Waals surface area contributed by atoms with Gasteiger partial charge in [0.1, 0.15) is 11.5 Å². The fraction of sp³-hybridized carbons (Fsp3) is 0.500. The number of nitrogens with zero attached hydrogens (tertiary/aromatic N) is 2. The van der Waals surface area contributed by atoms with Crippen LogP contribution in [0.2, 0.25) is 0 Å². The summed E-state index contributed by atoms with van der Waals surface area (Å²) >= 11 is 0. The van der Waals surface area contributed by atoms with Gasteiger partial charge in [-0.3, -0.25) is 9.98 Å². The van der Waals surface area contributed by atoms with Gasteiger partial charge in [-0.15, -0.1) is 0 Å². The van der Waals surface area contributed by atoms with E-state index in [4.69, 9.17) is 9.98 Å². The Hall–Kier alpha value is -1.82. The van der Waals surface area contributed by atoms with Crippen LogP contribution >= 0.6 is 0 Å². The summed E-state index contributed by atoms with van der Waals surface area (Å²) in [6.07, 6.45) is 7.83. The molecule has 1 radical (unpaired) electrons. The molecule has 3 rings (SSSR count). The van der Waals surface area contributed by atoms with Crippen molar-refractivity contribution in [2.24, 2.45) is 9.98 Å². The van der Waals surface area contributed by atoms with Crippen molar-refractivity contribution in [2.45, 2.75) is 90.1 Å². The Morgan fingerprint density at radius 1 is 0.706 bits per heavy atom. The first-order chi connectivity index (χ1) is 15.0. The third-order valence-corrected chi connectivity index (χ3v) is 6.25. The van der Waals surface area contributed by atoms with Gasteiger partial charge in [-0.25, -0.2) is 0 Å². The fourth-order valence-electron chi connectivity index (χ4n) is 4.33. The van der Waals surface area contributed by atoms with Gasteiger partial charge in [0, 0.05) is 40.3 Å². The van der Waals surface area contributed by atoms with Crippen molar-refractivity contribution in [3.05, 3.63) is 58.7 Å². The molecule has 0 aromatic heterocycles. The van der Waals surface area contributed by atoms with Crippen LogP contribution in [0.3, 0.4) is 0 Å². The van der Waals surface area contributed by atoms with E-state index in [9.17, 15) is 10.2 Å². The third-order valence-electron chi connectivity index (χ3n) is 6.25. The number of phenolic OH excluding ortho intramolecular Hbond substituents is 2. The maximum atomic E-state index is 10.7. The van der Waals surface area contributed by atoms with Gasteiger partial charge in [0.25, 0.3) is 0 Å². The zero-order chi connectivity index (χ0) is 23.5. The predicted octanol–water partition coefficient (Wildman–Crippen LogP) is 3.54. The number of aromatic hydroxyl groups is 2. The normalized spacial score (nSPS) is 19.1. The molecule has 2 aromatic carbocycles. The summed E-state index contributed by atoms with van der Waals surface area (Å²) in [6, 6.07) is 11.9. The smallest absolute Gasteiger partial charge is 0.128 e. The molecule has 0 spiro atoms. The summed E-state index contributed by atoms with van der Waals surface area (Å²) in [6.45, 7) is 12.6. The number of aliphatic imine (C=N–C) groups is 2. The van der Waals surface area contributed by atoms with Gasteiger partial charge >= 0.3 is 0 Å². The van der Waals surface area contributed by atoms with E-state index in [1.54, 1.807) is 12.4 Å². The molecule has 2 aromatic rings. The minimum Gasteiger partial charge on any atom is -1.00 e. The maximum Gasteiger partial charge on any atom is 0.128 e. The standard InChI is InChI=1S/C28H38N2O2.ClH.Co/c1-27(2,3)21-13-9-11-19(25(21)31)17-29-23-15-7-8-16-24(23)30-18-20-12-10-14-22(26(20)32)28(4,5)6;;/h9-14,17-18,23-24,31-32H,7-8,15-16H2,1-6H3;1H;/p-1/t23-,24-;;/m1../s1. The topological polar surface area (TPSA) is 65.2 Å². The van der Waals surface area contributed by atoms with Crippen molar-refractivity contribution in [3.8, 4) is 11.5 Å². The summed E-state index contributed by atoms with van der Waals surface area (Å²) in [5.41, 5.74) is 3.09. The van der Waals surface area contributed by atoms with Crippen LogP contribution in [0.4, 0.5) is 0 Å². The second-order valence-corrected chi connectivity index (χ2v) is 11.0. The van der Waals surface area contributed by atoms with E-state index in [0.717, 1.165) is 47.9 Å². The number of hydrogen-bond acceptors (Lipinski definition) is 4. The second kappa shape index (κ2) is 12.2. The van der Waals surface area contributed by atoms with Crippen LogP contribution in [0, 0.1) is 0 Å². The van der Waals surface area contributed by atoms with E-state index in [1.807, 2.05) is 36.4 Å². The van der Waals surface area contributed by atoms with Crippen molar-refractivity contribution < 1.29 is 39.4 Å². The molecule has 1 aliphatic carbocycles. The predicted molar refractivity (Wildman–Crippen MR) is 135 cm³/mol. The summed E-state index contributed by atoms with van der Waals surface area (Å²) in [5.74, 6) is 0.618. The molecule has 4 nitrogen and oxygen atoms in total. The van der Waals surface area contributed by atoms with E-state index in [1.165, 1.54) is 0 Å². The Morgan fingerprint density at radius 3 is 1.38 bits per heavy atom. The largest absolute Gasteiger partial charge is 1.00 e. The molecule has 0 bridgehead atoms. The molecular formula is C28H38ClCoN2O2-. The number of hydrogen-bond donors (Lipinski definition) is 2. The molecule has 2 N–H and O–H groups in total. The summed E-state index contributed by atoms with van der Waals surface area (Å²) in [5, 5.41) is 21.5. The average Bonchev–Trinajstić information content (AvgIpc) is 2.71. The Labute approximate surface area is 221 Å². The Balaban J connectivity index is 0.00000289. The molecule has 0 amide bonds. The van der Waals surface area contributed by atoms with Gasteiger partial charge in [-0.1, -0.05) is 78.6 Å². The quantitative estimate of drug-likeness (QED) is 0.596. The monoisotopic (exact) mass is 528 g/mol.